The summed E-state index contributed by atoms with van der Waals surface area (Å²) in [4.78, 5) is 7.34. The third kappa shape index (κ3) is 3.59. The van der Waals surface area contributed by atoms with Crippen LogP contribution in [0.4, 0.5) is 0 Å². The summed E-state index contributed by atoms with van der Waals surface area (Å²) in [5, 5.41) is 3.32. The lowest BCUT2D eigenvalue weighted by molar-refractivity contribution is 0.491. The molecule has 0 aliphatic carbocycles. The Morgan fingerprint density at radius 1 is 1.62 bits per heavy atom. The number of rotatable bonds is 6. The SMILES string of the molecule is CCCCC(Cc1ncc[nH]1)NC. The van der Waals surface area contributed by atoms with Crippen molar-refractivity contribution in [2.45, 2.75) is 38.6 Å². The molecule has 13 heavy (non-hydrogen) atoms. The standard InChI is InChI=1S/C10H19N3/c1-3-4-5-9(11-2)8-10-12-6-7-13-10/h6-7,9,11H,3-5,8H2,1-2H3,(H,12,13). The zero-order valence-corrected chi connectivity index (χ0v) is 8.51. The summed E-state index contributed by atoms with van der Waals surface area (Å²) in [5.74, 6) is 1.08. The van der Waals surface area contributed by atoms with Crippen LogP contribution in [-0.4, -0.2) is 23.1 Å². The highest BCUT2D eigenvalue weighted by molar-refractivity contribution is 4.90. The van der Waals surface area contributed by atoms with Crippen LogP contribution >= 0.6 is 0 Å². The number of hydrogen-bond acceptors (Lipinski definition) is 2. The summed E-state index contributed by atoms with van der Waals surface area (Å²) in [6.07, 6.45) is 8.46. The minimum absolute atomic E-state index is 0.561. The topological polar surface area (TPSA) is 40.7 Å². The average Bonchev–Trinajstić information content (AvgIpc) is 2.64. The molecule has 1 rings (SSSR count). The van der Waals surface area contributed by atoms with E-state index in [0.29, 0.717) is 6.04 Å². The van der Waals surface area contributed by atoms with Gasteiger partial charge in [-0.2, -0.15) is 0 Å². The number of unbranched alkanes of at least 4 members (excludes halogenated alkanes) is 1. The number of aromatic amines is 1. The van der Waals surface area contributed by atoms with Crippen LogP contribution in [0.25, 0.3) is 0 Å². The maximum atomic E-state index is 4.22. The van der Waals surface area contributed by atoms with Crippen molar-refractivity contribution < 1.29 is 0 Å². The van der Waals surface area contributed by atoms with E-state index in [1.807, 2.05) is 19.4 Å². The van der Waals surface area contributed by atoms with E-state index in [0.717, 1.165) is 12.2 Å². The van der Waals surface area contributed by atoms with Gasteiger partial charge in [-0.15, -0.1) is 0 Å². The molecule has 1 aromatic heterocycles. The van der Waals surface area contributed by atoms with Gasteiger partial charge >= 0.3 is 0 Å². The van der Waals surface area contributed by atoms with Gasteiger partial charge in [0.25, 0.3) is 0 Å². The molecule has 0 bridgehead atoms. The predicted molar refractivity (Wildman–Crippen MR) is 54.7 cm³/mol. The quantitative estimate of drug-likeness (QED) is 0.701. The fraction of sp³-hybridized carbons (Fsp3) is 0.700. The highest BCUT2D eigenvalue weighted by Gasteiger charge is 2.07. The van der Waals surface area contributed by atoms with Gasteiger partial charge in [0.1, 0.15) is 5.82 Å². The summed E-state index contributed by atoms with van der Waals surface area (Å²) < 4.78 is 0. The van der Waals surface area contributed by atoms with Crippen LogP contribution < -0.4 is 5.32 Å². The normalized spacial score (nSPS) is 13.1. The molecule has 1 atom stereocenters. The molecule has 0 aliphatic heterocycles. The van der Waals surface area contributed by atoms with Gasteiger partial charge in [0.2, 0.25) is 0 Å². The smallest absolute Gasteiger partial charge is 0.107 e. The second-order valence-corrected chi connectivity index (χ2v) is 3.37. The molecule has 0 fully saturated rings. The first-order valence-electron chi connectivity index (χ1n) is 5.02. The predicted octanol–water partition coefficient (Wildman–Crippen LogP) is 1.73. The Labute approximate surface area is 80.0 Å². The van der Waals surface area contributed by atoms with Crippen LogP contribution in [0.15, 0.2) is 12.4 Å². The Balaban J connectivity index is 2.31. The maximum Gasteiger partial charge on any atom is 0.107 e. The van der Waals surface area contributed by atoms with E-state index < -0.39 is 0 Å². The first kappa shape index (κ1) is 10.3. The molecule has 0 saturated heterocycles. The Kier molecular flexibility index (Phi) is 4.54. The summed E-state index contributed by atoms with van der Waals surface area (Å²) in [6, 6.07) is 0.561. The van der Waals surface area contributed by atoms with Gasteiger partial charge in [0, 0.05) is 24.9 Å². The van der Waals surface area contributed by atoms with Crippen LogP contribution in [0.1, 0.15) is 32.0 Å². The fourth-order valence-corrected chi connectivity index (χ4v) is 1.44. The van der Waals surface area contributed by atoms with Crippen LogP contribution in [0.3, 0.4) is 0 Å². The Morgan fingerprint density at radius 2 is 2.46 bits per heavy atom. The molecular formula is C10H19N3. The molecule has 1 unspecified atom stereocenters. The molecular weight excluding hydrogens is 162 g/mol. The summed E-state index contributed by atoms with van der Waals surface area (Å²) in [6.45, 7) is 2.22. The number of H-pyrrole nitrogens is 1. The zero-order valence-electron chi connectivity index (χ0n) is 8.51. The monoisotopic (exact) mass is 181 g/mol. The van der Waals surface area contributed by atoms with Crippen molar-refractivity contribution in [1.29, 1.82) is 0 Å². The van der Waals surface area contributed by atoms with Gasteiger partial charge in [0.05, 0.1) is 0 Å². The Bertz CT molecular complexity index is 206. The van der Waals surface area contributed by atoms with Crippen molar-refractivity contribution in [2.75, 3.05) is 7.05 Å². The van der Waals surface area contributed by atoms with Gasteiger partial charge in [-0.25, -0.2) is 4.98 Å². The highest BCUT2D eigenvalue weighted by Crippen LogP contribution is 2.04. The fourth-order valence-electron chi connectivity index (χ4n) is 1.44. The van der Waals surface area contributed by atoms with Crippen LogP contribution in [0.5, 0.6) is 0 Å². The van der Waals surface area contributed by atoms with Crippen LogP contribution in [0.2, 0.25) is 0 Å². The molecule has 0 aromatic carbocycles. The number of hydrogen-bond donors (Lipinski definition) is 2. The van der Waals surface area contributed by atoms with Gasteiger partial charge in [-0.3, -0.25) is 0 Å². The van der Waals surface area contributed by atoms with E-state index in [1.165, 1.54) is 19.3 Å². The molecule has 3 heteroatoms. The highest BCUT2D eigenvalue weighted by atomic mass is 14.9. The largest absolute Gasteiger partial charge is 0.349 e. The second-order valence-electron chi connectivity index (χ2n) is 3.37. The summed E-state index contributed by atoms with van der Waals surface area (Å²) in [5.41, 5.74) is 0. The number of likely N-dealkylation sites (N-methyl/N-ethyl adjacent to an activating group) is 1. The molecule has 3 nitrogen and oxygen atoms in total. The lowest BCUT2D eigenvalue weighted by atomic mass is 10.1. The van der Waals surface area contributed by atoms with Crippen LogP contribution in [0, 0.1) is 0 Å². The molecule has 74 valence electrons. The first-order valence-corrected chi connectivity index (χ1v) is 5.02. The number of imidazole rings is 1. The van der Waals surface area contributed by atoms with E-state index in [9.17, 15) is 0 Å². The molecule has 0 saturated carbocycles. The summed E-state index contributed by atoms with van der Waals surface area (Å²) >= 11 is 0. The van der Waals surface area contributed by atoms with Crippen molar-refractivity contribution in [3.05, 3.63) is 18.2 Å². The molecule has 0 radical (unpaired) electrons. The molecule has 0 amide bonds. The van der Waals surface area contributed by atoms with Gasteiger partial charge < -0.3 is 10.3 Å². The van der Waals surface area contributed by atoms with Crippen molar-refractivity contribution in [1.82, 2.24) is 15.3 Å². The minimum atomic E-state index is 0.561. The molecule has 1 aromatic rings. The molecule has 2 N–H and O–H groups in total. The van der Waals surface area contributed by atoms with Crippen molar-refractivity contribution in [3.63, 3.8) is 0 Å². The van der Waals surface area contributed by atoms with Crippen molar-refractivity contribution in [2.24, 2.45) is 0 Å². The van der Waals surface area contributed by atoms with E-state index in [1.54, 1.807) is 0 Å². The number of nitrogens with zero attached hydrogens (tertiary/aromatic N) is 1. The van der Waals surface area contributed by atoms with Crippen molar-refractivity contribution in [3.8, 4) is 0 Å². The van der Waals surface area contributed by atoms with E-state index in [4.69, 9.17) is 0 Å². The molecule has 0 aliphatic rings. The third-order valence-electron chi connectivity index (χ3n) is 2.31. The van der Waals surface area contributed by atoms with Crippen molar-refractivity contribution >= 4 is 0 Å². The molecule has 0 spiro atoms. The lowest BCUT2D eigenvalue weighted by Crippen LogP contribution is -2.27. The van der Waals surface area contributed by atoms with E-state index in [2.05, 4.69) is 22.2 Å². The third-order valence-corrected chi connectivity index (χ3v) is 2.31. The van der Waals surface area contributed by atoms with Gasteiger partial charge in [0.15, 0.2) is 0 Å². The van der Waals surface area contributed by atoms with Crippen LogP contribution in [-0.2, 0) is 6.42 Å². The summed E-state index contributed by atoms with van der Waals surface area (Å²) in [7, 11) is 2.02. The maximum absolute atomic E-state index is 4.22. The Hall–Kier alpha value is -0.830. The average molecular weight is 181 g/mol. The number of aromatic nitrogens is 2. The number of nitrogens with one attached hydrogen (secondary N) is 2. The van der Waals surface area contributed by atoms with Gasteiger partial charge in [-0.1, -0.05) is 19.8 Å². The van der Waals surface area contributed by atoms with E-state index >= 15 is 0 Å². The minimum Gasteiger partial charge on any atom is -0.349 e. The van der Waals surface area contributed by atoms with Gasteiger partial charge in [-0.05, 0) is 13.5 Å². The second kappa shape index (κ2) is 5.75. The zero-order chi connectivity index (χ0) is 9.52. The van der Waals surface area contributed by atoms with E-state index in [-0.39, 0.29) is 0 Å². The Morgan fingerprint density at radius 3 is 3.00 bits per heavy atom. The lowest BCUT2D eigenvalue weighted by Gasteiger charge is -2.13. The molecule has 1 heterocycles. The first-order chi connectivity index (χ1) is 6.36.